The Labute approximate surface area is 169 Å². The van der Waals surface area contributed by atoms with Gasteiger partial charge in [-0.05, 0) is 62.6 Å². The first kappa shape index (κ1) is 19.2. The fourth-order valence-electron chi connectivity index (χ4n) is 3.99. The van der Waals surface area contributed by atoms with Gasteiger partial charge in [-0.25, -0.2) is 4.98 Å². The number of amides is 2. The van der Waals surface area contributed by atoms with Gasteiger partial charge in [0.1, 0.15) is 5.52 Å². The van der Waals surface area contributed by atoms with E-state index >= 15 is 0 Å². The zero-order valence-electron chi connectivity index (χ0n) is 16.7. The van der Waals surface area contributed by atoms with E-state index < -0.39 is 0 Å². The molecule has 1 saturated carbocycles. The number of hydrogen-bond acceptors (Lipinski definition) is 4. The first-order valence-electron chi connectivity index (χ1n) is 10.1. The predicted molar refractivity (Wildman–Crippen MR) is 111 cm³/mol. The Morgan fingerprint density at radius 2 is 1.90 bits per heavy atom. The summed E-state index contributed by atoms with van der Waals surface area (Å²) in [7, 11) is 1.82. The van der Waals surface area contributed by atoms with Crippen molar-refractivity contribution < 1.29 is 14.0 Å². The summed E-state index contributed by atoms with van der Waals surface area (Å²) >= 11 is 0. The minimum Gasteiger partial charge on any atom is -0.436 e. The van der Waals surface area contributed by atoms with Crippen LogP contribution in [0.3, 0.4) is 0 Å². The minimum absolute atomic E-state index is 0.00302. The van der Waals surface area contributed by atoms with Crippen LogP contribution in [0.4, 0.5) is 0 Å². The van der Waals surface area contributed by atoms with E-state index in [1.54, 1.807) is 17.0 Å². The molecule has 6 nitrogen and oxygen atoms in total. The number of hydrogen-bond donors (Lipinski definition) is 1. The highest BCUT2D eigenvalue weighted by Gasteiger charge is 2.33. The molecular weight excluding hydrogens is 366 g/mol. The molecule has 1 aromatic heterocycles. The Bertz CT molecular complexity index is 992. The van der Waals surface area contributed by atoms with Gasteiger partial charge in [-0.15, -0.1) is 0 Å². The fourth-order valence-corrected chi connectivity index (χ4v) is 3.99. The molecule has 0 aliphatic heterocycles. The molecule has 4 rings (SSSR count). The second-order valence-corrected chi connectivity index (χ2v) is 7.54. The van der Waals surface area contributed by atoms with E-state index in [2.05, 4.69) is 10.3 Å². The molecule has 0 bridgehead atoms. The SMILES string of the molecule is CCNC(=O)[C@@H]1CC[C@H](N(C)C(=O)c2ccc(-c3nc4ccccc4o3)cc2)C1. The van der Waals surface area contributed by atoms with Crippen LogP contribution in [0.1, 0.15) is 36.5 Å². The van der Waals surface area contributed by atoms with Gasteiger partial charge in [0.05, 0.1) is 0 Å². The number of carbonyl (C=O) groups excluding carboxylic acids is 2. The molecule has 1 fully saturated rings. The van der Waals surface area contributed by atoms with Crippen molar-refractivity contribution in [2.75, 3.05) is 13.6 Å². The van der Waals surface area contributed by atoms with Crippen molar-refractivity contribution in [3.63, 3.8) is 0 Å². The Kier molecular flexibility index (Phi) is 5.34. The summed E-state index contributed by atoms with van der Waals surface area (Å²) < 4.78 is 5.79. The summed E-state index contributed by atoms with van der Waals surface area (Å²) in [5.41, 5.74) is 3.00. The second kappa shape index (κ2) is 8.07. The summed E-state index contributed by atoms with van der Waals surface area (Å²) in [6.07, 6.45) is 2.39. The maximum Gasteiger partial charge on any atom is 0.253 e. The van der Waals surface area contributed by atoms with Crippen molar-refractivity contribution in [2.45, 2.75) is 32.2 Å². The molecule has 0 radical (unpaired) electrons. The highest BCUT2D eigenvalue weighted by molar-refractivity contribution is 5.94. The Balaban J connectivity index is 1.44. The third-order valence-electron chi connectivity index (χ3n) is 5.67. The first-order valence-corrected chi connectivity index (χ1v) is 10.1. The van der Waals surface area contributed by atoms with E-state index in [1.165, 1.54) is 0 Å². The highest BCUT2D eigenvalue weighted by atomic mass is 16.3. The summed E-state index contributed by atoms with van der Waals surface area (Å²) in [6, 6.07) is 15.0. The lowest BCUT2D eigenvalue weighted by Gasteiger charge is -2.25. The van der Waals surface area contributed by atoms with Gasteiger partial charge in [-0.2, -0.15) is 0 Å². The van der Waals surface area contributed by atoms with E-state index in [1.807, 2.05) is 50.4 Å². The van der Waals surface area contributed by atoms with E-state index in [0.717, 1.165) is 35.9 Å². The van der Waals surface area contributed by atoms with E-state index in [4.69, 9.17) is 4.42 Å². The molecule has 3 aromatic rings. The monoisotopic (exact) mass is 391 g/mol. The molecule has 1 heterocycles. The maximum atomic E-state index is 12.9. The van der Waals surface area contributed by atoms with Crippen LogP contribution in [0.5, 0.6) is 0 Å². The average Bonchev–Trinajstić information content (AvgIpc) is 3.40. The normalized spacial score (nSPS) is 18.7. The molecule has 29 heavy (non-hydrogen) atoms. The molecule has 0 spiro atoms. The van der Waals surface area contributed by atoms with Crippen LogP contribution in [0.15, 0.2) is 52.9 Å². The highest BCUT2D eigenvalue weighted by Crippen LogP contribution is 2.30. The number of rotatable bonds is 5. The third-order valence-corrected chi connectivity index (χ3v) is 5.67. The number of fused-ring (bicyclic) bond motifs is 1. The Morgan fingerprint density at radius 3 is 2.62 bits per heavy atom. The van der Waals surface area contributed by atoms with E-state index in [9.17, 15) is 9.59 Å². The summed E-state index contributed by atoms with van der Waals surface area (Å²) in [4.78, 5) is 31.2. The fraction of sp³-hybridized carbons (Fsp3) is 0.348. The third kappa shape index (κ3) is 3.88. The van der Waals surface area contributed by atoms with Crippen LogP contribution < -0.4 is 5.32 Å². The van der Waals surface area contributed by atoms with Gasteiger partial charge in [-0.3, -0.25) is 9.59 Å². The molecule has 2 atom stereocenters. The molecule has 2 aromatic carbocycles. The van der Waals surface area contributed by atoms with Crippen LogP contribution in [-0.2, 0) is 4.79 Å². The number of carbonyl (C=O) groups is 2. The summed E-state index contributed by atoms with van der Waals surface area (Å²) in [5, 5.41) is 2.88. The Hall–Kier alpha value is -3.15. The standard InChI is InChI=1S/C23H25N3O3/c1-3-24-21(27)17-12-13-18(14-17)26(2)23(28)16-10-8-15(9-11-16)22-25-19-6-4-5-7-20(19)29-22/h4-11,17-18H,3,12-14H2,1-2H3,(H,24,27)/t17-,18+/m1/s1. The topological polar surface area (TPSA) is 75.4 Å². The zero-order valence-corrected chi connectivity index (χ0v) is 16.7. The van der Waals surface area contributed by atoms with Crippen LogP contribution in [0, 0.1) is 5.92 Å². The molecular formula is C23H25N3O3. The average molecular weight is 391 g/mol. The Morgan fingerprint density at radius 1 is 1.14 bits per heavy atom. The van der Waals surface area contributed by atoms with Crippen molar-refractivity contribution in [1.82, 2.24) is 15.2 Å². The number of aromatic nitrogens is 1. The maximum absolute atomic E-state index is 12.9. The summed E-state index contributed by atoms with van der Waals surface area (Å²) in [5.74, 6) is 0.602. The van der Waals surface area contributed by atoms with Crippen LogP contribution in [0.25, 0.3) is 22.6 Å². The van der Waals surface area contributed by atoms with E-state index in [-0.39, 0.29) is 23.8 Å². The van der Waals surface area contributed by atoms with Gasteiger partial charge in [0.15, 0.2) is 5.58 Å². The number of oxazole rings is 1. The van der Waals surface area contributed by atoms with Gasteiger partial charge < -0.3 is 14.6 Å². The second-order valence-electron chi connectivity index (χ2n) is 7.54. The van der Waals surface area contributed by atoms with Crippen LogP contribution in [0.2, 0.25) is 0 Å². The predicted octanol–water partition coefficient (Wildman–Crippen LogP) is 3.87. The quantitative estimate of drug-likeness (QED) is 0.716. The number of para-hydroxylation sites is 2. The van der Waals surface area contributed by atoms with Gasteiger partial charge >= 0.3 is 0 Å². The van der Waals surface area contributed by atoms with Crippen molar-refractivity contribution in [2.24, 2.45) is 5.92 Å². The molecule has 1 N–H and O–H groups in total. The van der Waals surface area contributed by atoms with Gasteiger partial charge in [0.25, 0.3) is 5.91 Å². The lowest BCUT2D eigenvalue weighted by atomic mass is 10.1. The number of nitrogens with one attached hydrogen (secondary N) is 1. The smallest absolute Gasteiger partial charge is 0.253 e. The minimum atomic E-state index is -0.0318. The summed E-state index contributed by atoms with van der Waals surface area (Å²) in [6.45, 7) is 2.56. The van der Waals surface area contributed by atoms with Gasteiger partial charge in [0.2, 0.25) is 11.8 Å². The molecule has 1 aliphatic rings. The number of nitrogens with zero attached hydrogens (tertiary/aromatic N) is 2. The largest absolute Gasteiger partial charge is 0.436 e. The molecule has 150 valence electrons. The lowest BCUT2D eigenvalue weighted by molar-refractivity contribution is -0.124. The first-order chi connectivity index (χ1) is 14.1. The van der Waals surface area contributed by atoms with Gasteiger partial charge in [-0.1, -0.05) is 12.1 Å². The molecule has 2 amide bonds. The number of benzene rings is 2. The zero-order chi connectivity index (χ0) is 20.4. The molecule has 1 aliphatic carbocycles. The lowest BCUT2D eigenvalue weighted by Crippen LogP contribution is -2.36. The van der Waals surface area contributed by atoms with Gasteiger partial charge in [0, 0.05) is 36.7 Å². The molecule has 6 heteroatoms. The van der Waals surface area contributed by atoms with Crippen LogP contribution >= 0.6 is 0 Å². The molecule has 0 unspecified atom stereocenters. The molecule has 0 saturated heterocycles. The van der Waals surface area contributed by atoms with Crippen molar-refractivity contribution in [1.29, 1.82) is 0 Å². The van der Waals surface area contributed by atoms with Crippen molar-refractivity contribution >= 4 is 22.9 Å². The van der Waals surface area contributed by atoms with E-state index in [0.29, 0.717) is 18.0 Å². The van der Waals surface area contributed by atoms with Crippen molar-refractivity contribution in [3.8, 4) is 11.5 Å². The van der Waals surface area contributed by atoms with Crippen molar-refractivity contribution in [3.05, 3.63) is 54.1 Å². The van der Waals surface area contributed by atoms with Crippen LogP contribution in [-0.4, -0.2) is 41.3 Å².